The second kappa shape index (κ2) is 3.85. The van der Waals surface area contributed by atoms with Crippen LogP contribution in [0.15, 0.2) is 6.33 Å². The molecule has 0 aromatic carbocycles. The van der Waals surface area contributed by atoms with Crippen LogP contribution in [0.5, 0.6) is 0 Å². The number of nitro groups is 1. The highest BCUT2D eigenvalue weighted by Gasteiger charge is 2.25. The molecule has 82 valence electrons. The lowest BCUT2D eigenvalue weighted by Gasteiger charge is -2.26. The van der Waals surface area contributed by atoms with E-state index in [1.807, 2.05) is 4.90 Å². The molecule has 1 aromatic rings. The van der Waals surface area contributed by atoms with Crippen molar-refractivity contribution in [3.05, 3.63) is 16.4 Å². The number of rotatable bonds is 2. The fourth-order valence-corrected chi connectivity index (χ4v) is 1.62. The Hall–Kier alpha value is -1.63. The van der Waals surface area contributed by atoms with Gasteiger partial charge in [0.15, 0.2) is 6.33 Å². The van der Waals surface area contributed by atoms with Crippen molar-refractivity contribution < 1.29 is 9.66 Å². The molecule has 0 spiro atoms. The first-order valence-electron chi connectivity index (χ1n) is 4.68. The number of anilines is 1. The molecule has 7 heteroatoms. The van der Waals surface area contributed by atoms with E-state index in [0.29, 0.717) is 32.1 Å². The van der Waals surface area contributed by atoms with Gasteiger partial charge in [0.2, 0.25) is 5.82 Å². The molecule has 7 nitrogen and oxygen atoms in total. The summed E-state index contributed by atoms with van der Waals surface area (Å²) >= 11 is 0. The Labute approximate surface area is 86.4 Å². The summed E-state index contributed by atoms with van der Waals surface area (Å²) in [5.41, 5.74) is 0. The average molecular weight is 212 g/mol. The van der Waals surface area contributed by atoms with Gasteiger partial charge in [-0.3, -0.25) is 0 Å². The molecule has 1 aromatic heterocycles. The fourth-order valence-electron chi connectivity index (χ4n) is 1.62. The molecule has 2 rings (SSSR count). The Kier molecular flexibility index (Phi) is 2.55. The summed E-state index contributed by atoms with van der Waals surface area (Å²) in [6, 6.07) is 0. The fraction of sp³-hybridized carbons (Fsp3) is 0.625. The zero-order valence-electron chi connectivity index (χ0n) is 8.42. The van der Waals surface area contributed by atoms with Gasteiger partial charge >= 0.3 is 5.82 Å². The normalized spacial score (nSPS) is 16.7. The topological polar surface area (TPSA) is 73.4 Å². The molecule has 0 bridgehead atoms. The van der Waals surface area contributed by atoms with Crippen molar-refractivity contribution in [1.29, 1.82) is 0 Å². The third kappa shape index (κ3) is 1.78. The van der Waals surface area contributed by atoms with Crippen LogP contribution in [0, 0.1) is 10.1 Å². The second-order valence-electron chi connectivity index (χ2n) is 3.36. The average Bonchev–Trinajstić information content (AvgIpc) is 2.61. The molecular formula is C8H12N4O3. The monoisotopic (exact) mass is 212 g/mol. The number of hydrogen-bond donors (Lipinski definition) is 0. The van der Waals surface area contributed by atoms with E-state index in [9.17, 15) is 10.1 Å². The van der Waals surface area contributed by atoms with Crippen molar-refractivity contribution in [3.63, 3.8) is 0 Å². The van der Waals surface area contributed by atoms with Crippen LogP contribution in [-0.4, -0.2) is 40.8 Å². The number of morpholine rings is 1. The molecule has 1 aliphatic heterocycles. The number of aromatic nitrogens is 2. The van der Waals surface area contributed by atoms with E-state index < -0.39 is 4.92 Å². The minimum atomic E-state index is -0.405. The Morgan fingerprint density at radius 3 is 2.80 bits per heavy atom. The number of hydrogen-bond acceptors (Lipinski definition) is 5. The van der Waals surface area contributed by atoms with Gasteiger partial charge in [-0.05, 0) is 4.92 Å². The summed E-state index contributed by atoms with van der Waals surface area (Å²) in [6.07, 6.45) is 1.46. The first kappa shape index (κ1) is 9.91. The lowest BCUT2D eigenvalue weighted by molar-refractivity contribution is -0.391. The van der Waals surface area contributed by atoms with Crippen LogP contribution in [0.4, 0.5) is 11.6 Å². The van der Waals surface area contributed by atoms with Crippen LogP contribution in [0.25, 0.3) is 0 Å². The number of aryl methyl sites for hydroxylation is 1. The Morgan fingerprint density at radius 2 is 2.20 bits per heavy atom. The number of imidazole rings is 1. The standard InChI is InChI=1S/C8H12N4O3/c1-10-6-9-7(8(10)12(13)14)11-2-4-15-5-3-11/h6H,2-5H2,1H3. The summed E-state index contributed by atoms with van der Waals surface area (Å²) in [4.78, 5) is 16.4. The predicted molar refractivity (Wildman–Crippen MR) is 52.9 cm³/mol. The molecule has 0 atom stereocenters. The van der Waals surface area contributed by atoms with Crippen molar-refractivity contribution in [2.45, 2.75) is 0 Å². The van der Waals surface area contributed by atoms with E-state index in [2.05, 4.69) is 4.98 Å². The summed E-state index contributed by atoms with van der Waals surface area (Å²) in [5.74, 6) is 0.475. The van der Waals surface area contributed by atoms with Gasteiger partial charge < -0.3 is 19.8 Å². The molecule has 0 N–H and O–H groups in total. The first-order valence-corrected chi connectivity index (χ1v) is 4.68. The molecular weight excluding hydrogens is 200 g/mol. The quantitative estimate of drug-likeness (QED) is 0.516. The van der Waals surface area contributed by atoms with E-state index in [1.165, 1.54) is 10.9 Å². The zero-order valence-corrected chi connectivity index (χ0v) is 8.42. The van der Waals surface area contributed by atoms with E-state index in [-0.39, 0.29) is 5.82 Å². The minimum absolute atomic E-state index is 0.0388. The van der Waals surface area contributed by atoms with Crippen molar-refractivity contribution in [3.8, 4) is 0 Å². The van der Waals surface area contributed by atoms with Crippen LogP contribution in [0.3, 0.4) is 0 Å². The maximum absolute atomic E-state index is 10.8. The van der Waals surface area contributed by atoms with Crippen LogP contribution >= 0.6 is 0 Å². The number of ether oxygens (including phenoxy) is 1. The third-order valence-corrected chi connectivity index (χ3v) is 2.37. The van der Waals surface area contributed by atoms with Crippen LogP contribution in [0.1, 0.15) is 0 Å². The lowest BCUT2D eigenvalue weighted by atomic mass is 10.4. The molecule has 1 saturated heterocycles. The molecule has 0 amide bonds. The Bertz CT molecular complexity index is 370. The van der Waals surface area contributed by atoms with E-state index in [1.54, 1.807) is 7.05 Å². The van der Waals surface area contributed by atoms with E-state index in [0.717, 1.165) is 0 Å². The number of nitrogens with zero attached hydrogens (tertiary/aromatic N) is 4. The summed E-state index contributed by atoms with van der Waals surface area (Å²) < 4.78 is 6.60. The van der Waals surface area contributed by atoms with Crippen molar-refractivity contribution in [2.75, 3.05) is 31.2 Å². The molecule has 0 radical (unpaired) electrons. The molecule has 15 heavy (non-hydrogen) atoms. The molecule has 0 unspecified atom stereocenters. The van der Waals surface area contributed by atoms with E-state index in [4.69, 9.17) is 4.74 Å². The van der Waals surface area contributed by atoms with Gasteiger partial charge in [0, 0.05) is 13.1 Å². The zero-order chi connectivity index (χ0) is 10.8. The Balaban J connectivity index is 2.30. The molecule has 1 fully saturated rings. The van der Waals surface area contributed by atoms with Gasteiger partial charge in [0.25, 0.3) is 0 Å². The van der Waals surface area contributed by atoms with Crippen molar-refractivity contribution in [2.24, 2.45) is 7.05 Å². The van der Waals surface area contributed by atoms with Gasteiger partial charge in [0.05, 0.1) is 20.3 Å². The highest BCUT2D eigenvalue weighted by atomic mass is 16.6. The van der Waals surface area contributed by atoms with Crippen molar-refractivity contribution in [1.82, 2.24) is 9.55 Å². The Morgan fingerprint density at radius 1 is 1.53 bits per heavy atom. The molecule has 2 heterocycles. The van der Waals surface area contributed by atoms with Gasteiger partial charge in [-0.15, -0.1) is 0 Å². The van der Waals surface area contributed by atoms with E-state index >= 15 is 0 Å². The van der Waals surface area contributed by atoms with Crippen LogP contribution in [-0.2, 0) is 11.8 Å². The van der Waals surface area contributed by atoms with Crippen LogP contribution < -0.4 is 4.90 Å². The maximum atomic E-state index is 10.8. The molecule has 0 saturated carbocycles. The summed E-state index contributed by atoms with van der Waals surface area (Å²) in [6.45, 7) is 2.48. The predicted octanol–water partition coefficient (Wildman–Crippen LogP) is 0.165. The van der Waals surface area contributed by atoms with Gasteiger partial charge in [-0.25, -0.2) is 4.57 Å². The lowest BCUT2D eigenvalue weighted by Crippen LogP contribution is -2.36. The summed E-state index contributed by atoms with van der Waals surface area (Å²) in [7, 11) is 1.62. The maximum Gasteiger partial charge on any atom is 0.367 e. The van der Waals surface area contributed by atoms with Gasteiger partial charge in [-0.2, -0.15) is 4.98 Å². The van der Waals surface area contributed by atoms with Gasteiger partial charge in [-0.1, -0.05) is 0 Å². The molecule has 0 aliphatic carbocycles. The van der Waals surface area contributed by atoms with Crippen molar-refractivity contribution >= 4 is 11.6 Å². The highest BCUT2D eigenvalue weighted by Crippen LogP contribution is 2.25. The molecule has 1 aliphatic rings. The van der Waals surface area contributed by atoms with Crippen LogP contribution in [0.2, 0.25) is 0 Å². The van der Waals surface area contributed by atoms with Gasteiger partial charge in [0.1, 0.15) is 0 Å². The first-order chi connectivity index (χ1) is 7.20. The SMILES string of the molecule is Cn1cnc(N2CCOCC2)c1[N+](=O)[O-]. The largest absolute Gasteiger partial charge is 0.378 e. The minimum Gasteiger partial charge on any atom is -0.378 e. The smallest absolute Gasteiger partial charge is 0.367 e. The highest BCUT2D eigenvalue weighted by molar-refractivity contribution is 5.54. The third-order valence-electron chi connectivity index (χ3n) is 2.37. The second-order valence-corrected chi connectivity index (χ2v) is 3.36. The summed E-state index contributed by atoms with van der Waals surface area (Å²) in [5, 5.41) is 10.8.